The molecule has 0 spiro atoms. The Balaban J connectivity index is 0.000000203. The van der Waals surface area contributed by atoms with Crippen molar-refractivity contribution in [3.63, 3.8) is 0 Å². The summed E-state index contributed by atoms with van der Waals surface area (Å²) in [6.45, 7) is 26.6. The number of halogens is 2. The lowest BCUT2D eigenvalue weighted by molar-refractivity contribution is -0.172. The van der Waals surface area contributed by atoms with Crippen molar-refractivity contribution in [3.8, 4) is 11.5 Å². The van der Waals surface area contributed by atoms with E-state index in [-0.39, 0.29) is 58.6 Å². The molecule has 3 saturated heterocycles. The van der Waals surface area contributed by atoms with Crippen LogP contribution >= 0.6 is 0 Å². The molecule has 1 N–H and O–H groups in total. The monoisotopic (exact) mass is 1270 g/mol. The smallest absolute Gasteiger partial charge is 0.369 e. The second-order valence-electron chi connectivity index (χ2n) is 25.8. The zero-order valence-corrected chi connectivity index (χ0v) is 55.6. The fourth-order valence-corrected chi connectivity index (χ4v) is 11.7. The van der Waals surface area contributed by atoms with Crippen LogP contribution in [0, 0.1) is 33.5 Å². The average Bonchev–Trinajstić information content (AvgIpc) is 1.61. The maximum atomic E-state index is 13.0. The van der Waals surface area contributed by atoms with Crippen molar-refractivity contribution in [2.45, 2.75) is 205 Å². The normalized spacial score (nSPS) is 19.0. The number of esters is 5. The molecule has 6 atom stereocenters. The molecule has 5 aromatic rings. The number of fused-ring (bicyclic) bond motifs is 2. The molecule has 3 aliphatic heterocycles. The number of carbonyl (C=O) groups is 5. The predicted molar refractivity (Wildman–Crippen MR) is 336 cm³/mol. The highest BCUT2D eigenvalue weighted by Crippen LogP contribution is 2.48. The van der Waals surface area contributed by atoms with Crippen LogP contribution in [0.4, 0.5) is 8.78 Å². The van der Waals surface area contributed by atoms with E-state index >= 15 is 0 Å². The average molecular weight is 1270 g/mol. The van der Waals surface area contributed by atoms with Crippen LogP contribution in [0.25, 0.3) is 0 Å². The molecule has 3 heterocycles. The summed E-state index contributed by atoms with van der Waals surface area (Å²) in [6, 6.07) is 46.8. The Morgan fingerprint density at radius 3 is 1.44 bits per heavy atom. The van der Waals surface area contributed by atoms with Gasteiger partial charge in [-0.2, -0.15) is 8.78 Å². The van der Waals surface area contributed by atoms with Crippen LogP contribution in [0.2, 0.25) is 0 Å². The Labute approximate surface area is 528 Å². The molecule has 6 unspecified atom stereocenters. The number of phenolic OH excluding ortho intramolecular Hbond substituents is 1. The summed E-state index contributed by atoms with van der Waals surface area (Å²) in [5.41, 5.74) is -0.0166. The van der Waals surface area contributed by atoms with Gasteiger partial charge in [-0.3, -0.25) is 24.0 Å². The highest BCUT2D eigenvalue weighted by Gasteiger charge is 2.65. The van der Waals surface area contributed by atoms with Crippen molar-refractivity contribution in [2.75, 3.05) is 0 Å². The summed E-state index contributed by atoms with van der Waals surface area (Å²) >= 11 is 0. The first kappa shape index (κ1) is 73.1. The van der Waals surface area contributed by atoms with Gasteiger partial charge in [0.1, 0.15) is 23.2 Å². The summed E-state index contributed by atoms with van der Waals surface area (Å²) in [5.74, 6) is -0.923. The first-order valence-electron chi connectivity index (χ1n) is 30.3. The van der Waals surface area contributed by atoms with Gasteiger partial charge in [0.15, 0.2) is 43.1 Å². The minimum Gasteiger partial charge on any atom is -0.743 e. The summed E-state index contributed by atoms with van der Waals surface area (Å²) in [7, 11) is -5.87. The number of aromatic hydroxyl groups is 1. The lowest BCUT2D eigenvalue weighted by Gasteiger charge is -2.34. The Kier molecular flexibility index (Phi) is 25.0. The van der Waals surface area contributed by atoms with Gasteiger partial charge in [-0.15, -0.1) is 0 Å². The Bertz CT molecular complexity index is 3140. The minimum atomic E-state index is -5.86. The lowest BCUT2D eigenvalue weighted by Crippen LogP contribution is -2.44. The van der Waals surface area contributed by atoms with Crippen molar-refractivity contribution in [1.29, 1.82) is 0 Å². The van der Waals surface area contributed by atoms with E-state index in [1.807, 2.05) is 76.2 Å². The van der Waals surface area contributed by atoms with Gasteiger partial charge in [-0.25, -0.2) is 8.42 Å². The van der Waals surface area contributed by atoms with Crippen LogP contribution in [0.3, 0.4) is 0 Å². The molecule has 0 radical (unpaired) electrons. The third-order valence-corrected chi connectivity index (χ3v) is 20.5. The van der Waals surface area contributed by atoms with Crippen LogP contribution in [-0.2, 0) is 81.5 Å². The number of alkyl halides is 2. The molecule has 4 aliphatic rings. The Morgan fingerprint density at radius 2 is 1.01 bits per heavy atom. The largest absolute Gasteiger partial charge is 0.743 e. The van der Waals surface area contributed by atoms with E-state index in [2.05, 4.69) is 120 Å². The van der Waals surface area contributed by atoms with Gasteiger partial charge in [0.25, 0.3) is 0 Å². The second-order valence-corrected chi connectivity index (χ2v) is 29.2. The molecule has 19 heteroatoms. The van der Waals surface area contributed by atoms with E-state index in [4.69, 9.17) is 28.8 Å². The SMILES string of the molecule is CCC(C)(C)C(=O)OC(C)(C)C1Cc2ccccc2C1.CCC(C)(C)C(=O)OC(C)C(F)(F)S(=O)(=O)[O-].CCC(C)(C)C(=O)OC1C2CC3C(=O)OC1C3O2.CCC(C)(C)C(=O)Oc1ccc(O)cc1.c1ccc([S+](c2ccccc2)c2ccccc2)cc1. The number of hydrogen-bond donors (Lipinski definition) is 1. The third kappa shape index (κ3) is 19.0. The zero-order chi connectivity index (χ0) is 66.5. The zero-order valence-electron chi connectivity index (χ0n) is 54.0. The molecule has 15 nitrogen and oxygen atoms in total. The fourth-order valence-electron chi connectivity index (χ4n) is 9.18. The maximum absolute atomic E-state index is 13.0. The molecule has 0 amide bonds. The number of carbonyl (C=O) groups excluding carboxylic acids is 5. The quantitative estimate of drug-likeness (QED) is 0.0284. The van der Waals surface area contributed by atoms with Gasteiger partial charge < -0.3 is 38.1 Å². The molecule has 1 aliphatic carbocycles. The molecular weight excluding hydrogens is 1180 g/mol. The first-order chi connectivity index (χ1) is 41.5. The van der Waals surface area contributed by atoms with Crippen LogP contribution < -0.4 is 4.74 Å². The second kappa shape index (κ2) is 30.4. The maximum Gasteiger partial charge on any atom is 0.369 e. The number of rotatable bonds is 18. The van der Waals surface area contributed by atoms with Gasteiger partial charge in [0.05, 0.1) is 44.6 Å². The summed E-state index contributed by atoms with van der Waals surface area (Å²) in [5, 5.41) is 4.42. The highest BCUT2D eigenvalue weighted by molar-refractivity contribution is 7.97. The molecule has 2 bridgehead atoms. The Hall–Kier alpha value is -6.67. The Morgan fingerprint density at radius 1 is 0.607 bits per heavy atom. The van der Waals surface area contributed by atoms with E-state index in [0.717, 1.165) is 25.7 Å². The molecule has 5 aromatic carbocycles. The van der Waals surface area contributed by atoms with Crippen molar-refractivity contribution < 1.29 is 79.3 Å². The molecule has 486 valence electrons. The highest BCUT2D eigenvalue weighted by atomic mass is 32.2. The molecule has 0 aromatic heterocycles. The van der Waals surface area contributed by atoms with Gasteiger partial charge in [0.2, 0.25) is 0 Å². The molecular formula is C70H90F2O15S2. The van der Waals surface area contributed by atoms with Crippen LogP contribution in [0.5, 0.6) is 11.5 Å². The summed E-state index contributed by atoms with van der Waals surface area (Å²) in [4.78, 5) is 63.1. The van der Waals surface area contributed by atoms with E-state index in [1.54, 1.807) is 19.1 Å². The van der Waals surface area contributed by atoms with Crippen molar-refractivity contribution in [1.82, 2.24) is 0 Å². The topological polar surface area (TPSA) is 218 Å². The summed E-state index contributed by atoms with van der Waals surface area (Å²) < 4.78 is 88.7. The first-order valence-corrected chi connectivity index (χ1v) is 32.9. The summed E-state index contributed by atoms with van der Waals surface area (Å²) in [6.07, 6.45) is 1.68. The van der Waals surface area contributed by atoms with E-state index in [1.165, 1.54) is 51.8 Å². The lowest BCUT2D eigenvalue weighted by atomic mass is 9.86. The van der Waals surface area contributed by atoms with E-state index in [9.17, 15) is 45.7 Å². The van der Waals surface area contributed by atoms with E-state index in [0.29, 0.717) is 37.9 Å². The van der Waals surface area contributed by atoms with E-state index < -0.39 is 66.9 Å². The predicted octanol–water partition coefficient (Wildman–Crippen LogP) is 14.2. The number of ether oxygens (including phenoxy) is 6. The molecule has 3 fully saturated rings. The van der Waals surface area contributed by atoms with Crippen LogP contribution in [0.1, 0.15) is 147 Å². The molecule has 89 heavy (non-hydrogen) atoms. The van der Waals surface area contributed by atoms with Crippen molar-refractivity contribution in [3.05, 3.63) is 151 Å². The van der Waals surface area contributed by atoms with Crippen LogP contribution in [-0.4, -0.2) is 89.3 Å². The number of hydrogen-bond acceptors (Lipinski definition) is 15. The standard InChI is InChI=1S/C18H26O2.C18H15S.C13H18O5.C12H16O3.C9H16F2O5S/c1-6-17(2,3)16(19)20-18(4,5)15-11-13-9-7-8-10-14(13)12-15;1-4-10-16(11-5-1)19(17-12-6-2-7-13-17)18-14-8-3-9-15-18;1-4-13(2,3)12(15)18-9-7-5-6-8(16-7)10(9)17-11(6)14;1-4-12(2,3)11(14)15-10-7-5-9(13)6-8-10;1-5-8(3,4)7(12)16-6(2)9(10,11)17(13,14)15/h7-10,15H,6,11-12H2,1-5H3;1-15H;6-10H,4-5H2,1-3H3;5-8,13H,4H2,1-3H3;6H,5H2,1-4H3,(H,13,14,15)/q;+1;;;/p-1. The number of benzene rings is 5. The van der Waals surface area contributed by atoms with Gasteiger partial charge >= 0.3 is 35.1 Å². The van der Waals surface area contributed by atoms with Gasteiger partial charge in [0, 0.05) is 5.92 Å². The number of phenols is 1. The molecule has 9 rings (SSSR count). The van der Waals surface area contributed by atoms with Gasteiger partial charge in [-0.05, 0) is 193 Å². The van der Waals surface area contributed by atoms with Crippen molar-refractivity contribution in [2.24, 2.45) is 33.5 Å². The van der Waals surface area contributed by atoms with Gasteiger partial charge in [-0.1, -0.05) is 107 Å². The fraction of sp³-hybridized carbons (Fsp3) is 0.500. The third-order valence-electron chi connectivity index (χ3n) is 17.2. The van der Waals surface area contributed by atoms with Crippen molar-refractivity contribution >= 4 is 50.9 Å². The minimum absolute atomic E-state index is 0.0146. The van der Waals surface area contributed by atoms with Crippen LogP contribution in [0.15, 0.2) is 154 Å². The molecule has 0 saturated carbocycles.